The van der Waals surface area contributed by atoms with Crippen molar-refractivity contribution in [1.82, 2.24) is 9.88 Å². The topological polar surface area (TPSA) is 34.6 Å². The molecule has 1 aromatic heterocycles. The number of halogens is 1. The van der Waals surface area contributed by atoms with Gasteiger partial charge in [0, 0.05) is 30.6 Å². The number of aromatic nitrogens is 1. The molecular formula is C22H23FN2O2. The van der Waals surface area contributed by atoms with Crippen LogP contribution in [0.25, 0.3) is 22.2 Å². The first-order valence-electron chi connectivity index (χ1n) is 9.18. The Labute approximate surface area is 158 Å². The van der Waals surface area contributed by atoms with Crippen molar-refractivity contribution >= 4 is 10.9 Å². The number of ether oxygens (including phenoxy) is 2. The van der Waals surface area contributed by atoms with E-state index >= 15 is 0 Å². The molecule has 1 saturated heterocycles. The smallest absolute Gasteiger partial charge is 0.165 e. The maximum Gasteiger partial charge on any atom is 0.165 e. The fourth-order valence-electron chi connectivity index (χ4n) is 3.52. The molecule has 27 heavy (non-hydrogen) atoms. The van der Waals surface area contributed by atoms with Crippen LogP contribution in [0.5, 0.6) is 5.75 Å². The highest BCUT2D eigenvalue weighted by Gasteiger charge is 2.13. The zero-order chi connectivity index (χ0) is 18.8. The maximum absolute atomic E-state index is 13.7. The minimum Gasteiger partial charge on any atom is -0.494 e. The van der Waals surface area contributed by atoms with Gasteiger partial charge in [-0.1, -0.05) is 6.07 Å². The molecule has 2 aromatic carbocycles. The van der Waals surface area contributed by atoms with Crippen molar-refractivity contribution in [3.63, 3.8) is 0 Å². The molecule has 0 atom stereocenters. The molecule has 2 heterocycles. The fourth-order valence-corrected chi connectivity index (χ4v) is 3.52. The van der Waals surface area contributed by atoms with Crippen LogP contribution in [0, 0.1) is 12.7 Å². The van der Waals surface area contributed by atoms with E-state index in [4.69, 9.17) is 14.5 Å². The number of morpholine rings is 1. The van der Waals surface area contributed by atoms with E-state index in [1.807, 2.05) is 6.07 Å². The number of hydrogen-bond acceptors (Lipinski definition) is 4. The molecule has 0 bridgehead atoms. The number of methoxy groups -OCH3 is 1. The van der Waals surface area contributed by atoms with Crippen LogP contribution in [-0.2, 0) is 11.3 Å². The van der Waals surface area contributed by atoms with E-state index in [1.165, 1.54) is 18.7 Å². The molecule has 0 aliphatic carbocycles. The Bertz CT molecular complexity index is 968. The third-order valence-electron chi connectivity index (χ3n) is 5.04. The Hall–Kier alpha value is -2.50. The van der Waals surface area contributed by atoms with Crippen molar-refractivity contribution in [2.75, 3.05) is 33.4 Å². The zero-order valence-electron chi connectivity index (χ0n) is 15.7. The minimum atomic E-state index is -0.369. The van der Waals surface area contributed by atoms with Crippen molar-refractivity contribution in [1.29, 1.82) is 0 Å². The van der Waals surface area contributed by atoms with E-state index in [9.17, 15) is 4.39 Å². The van der Waals surface area contributed by atoms with Crippen LogP contribution in [0.15, 0.2) is 42.5 Å². The van der Waals surface area contributed by atoms with Crippen molar-refractivity contribution in [3.05, 3.63) is 59.4 Å². The molecule has 3 aromatic rings. The van der Waals surface area contributed by atoms with Crippen molar-refractivity contribution in [2.45, 2.75) is 13.5 Å². The van der Waals surface area contributed by atoms with Gasteiger partial charge in [0.25, 0.3) is 0 Å². The average molecular weight is 366 g/mol. The van der Waals surface area contributed by atoms with Gasteiger partial charge >= 0.3 is 0 Å². The Balaban J connectivity index is 1.66. The van der Waals surface area contributed by atoms with Gasteiger partial charge in [-0.25, -0.2) is 9.37 Å². The Morgan fingerprint density at radius 1 is 1.11 bits per heavy atom. The standard InChI is InChI=1S/C22H23FN2O2/c1-15-11-21(17-4-5-19(23)22(13-17)26-2)24-20-6-3-16(12-18(15)20)14-25-7-9-27-10-8-25/h3-6,11-13H,7-10,14H2,1-2H3. The second-order valence-corrected chi connectivity index (χ2v) is 6.91. The SMILES string of the molecule is COc1cc(-c2cc(C)c3cc(CN4CCOCC4)ccc3n2)ccc1F. The van der Waals surface area contributed by atoms with Crippen LogP contribution in [0.3, 0.4) is 0 Å². The number of hydrogen-bond donors (Lipinski definition) is 0. The molecule has 1 fully saturated rings. The third-order valence-corrected chi connectivity index (χ3v) is 5.04. The Morgan fingerprint density at radius 3 is 2.70 bits per heavy atom. The first-order valence-corrected chi connectivity index (χ1v) is 9.18. The lowest BCUT2D eigenvalue weighted by molar-refractivity contribution is 0.0342. The molecular weight excluding hydrogens is 343 g/mol. The second kappa shape index (κ2) is 7.62. The molecule has 1 aliphatic heterocycles. The summed E-state index contributed by atoms with van der Waals surface area (Å²) in [5.74, 6) is -0.139. The summed E-state index contributed by atoms with van der Waals surface area (Å²) in [5.41, 5.74) is 5.04. The lowest BCUT2D eigenvalue weighted by atomic mass is 10.0. The molecule has 1 aliphatic rings. The third kappa shape index (κ3) is 3.80. The number of rotatable bonds is 4. The van der Waals surface area contributed by atoms with E-state index < -0.39 is 0 Å². The fraction of sp³-hybridized carbons (Fsp3) is 0.318. The van der Waals surface area contributed by atoms with Gasteiger partial charge in [0.15, 0.2) is 11.6 Å². The Kier molecular flexibility index (Phi) is 5.05. The summed E-state index contributed by atoms with van der Waals surface area (Å²) in [6, 6.07) is 13.3. The van der Waals surface area contributed by atoms with E-state index in [2.05, 4.69) is 30.0 Å². The summed E-state index contributed by atoms with van der Waals surface area (Å²) in [6.45, 7) is 6.57. The molecule has 0 amide bonds. The number of aryl methyl sites for hydroxylation is 1. The summed E-state index contributed by atoms with van der Waals surface area (Å²) < 4.78 is 24.2. The molecule has 0 spiro atoms. The van der Waals surface area contributed by atoms with Crippen molar-refractivity contribution < 1.29 is 13.9 Å². The number of benzene rings is 2. The van der Waals surface area contributed by atoms with Crippen LogP contribution in [0.2, 0.25) is 0 Å². The molecule has 4 rings (SSSR count). The summed E-state index contributed by atoms with van der Waals surface area (Å²) >= 11 is 0. The maximum atomic E-state index is 13.7. The van der Waals surface area contributed by atoms with Gasteiger partial charge in [0.05, 0.1) is 31.5 Å². The van der Waals surface area contributed by atoms with E-state index in [0.29, 0.717) is 0 Å². The molecule has 4 nitrogen and oxygen atoms in total. The molecule has 0 N–H and O–H groups in total. The highest BCUT2D eigenvalue weighted by atomic mass is 19.1. The second-order valence-electron chi connectivity index (χ2n) is 6.91. The van der Waals surface area contributed by atoms with Crippen LogP contribution >= 0.6 is 0 Å². The average Bonchev–Trinajstić information content (AvgIpc) is 2.69. The number of nitrogens with zero attached hydrogens (tertiary/aromatic N) is 2. The number of pyridine rings is 1. The van der Waals surface area contributed by atoms with Crippen molar-refractivity contribution in [2.24, 2.45) is 0 Å². The summed E-state index contributed by atoms with van der Waals surface area (Å²) in [6.07, 6.45) is 0. The minimum absolute atomic E-state index is 0.230. The van der Waals surface area contributed by atoms with Gasteiger partial charge in [-0.2, -0.15) is 0 Å². The summed E-state index contributed by atoms with van der Waals surface area (Å²) in [5, 5.41) is 1.15. The van der Waals surface area contributed by atoms with Crippen LogP contribution in [0.4, 0.5) is 4.39 Å². The van der Waals surface area contributed by atoms with E-state index in [1.54, 1.807) is 12.1 Å². The summed E-state index contributed by atoms with van der Waals surface area (Å²) in [4.78, 5) is 7.20. The van der Waals surface area contributed by atoms with Gasteiger partial charge in [-0.3, -0.25) is 4.90 Å². The van der Waals surface area contributed by atoms with E-state index in [-0.39, 0.29) is 11.6 Å². The van der Waals surface area contributed by atoms with Crippen LogP contribution in [0.1, 0.15) is 11.1 Å². The lowest BCUT2D eigenvalue weighted by Gasteiger charge is -2.26. The summed E-state index contributed by atoms with van der Waals surface area (Å²) in [7, 11) is 1.47. The first-order chi connectivity index (χ1) is 13.1. The van der Waals surface area contributed by atoms with E-state index in [0.717, 1.165) is 60.6 Å². The van der Waals surface area contributed by atoms with Gasteiger partial charge < -0.3 is 9.47 Å². The van der Waals surface area contributed by atoms with Gasteiger partial charge in [-0.05, 0) is 54.4 Å². The largest absolute Gasteiger partial charge is 0.494 e. The first kappa shape index (κ1) is 17.9. The zero-order valence-corrected chi connectivity index (χ0v) is 15.7. The predicted molar refractivity (Wildman–Crippen MR) is 105 cm³/mol. The van der Waals surface area contributed by atoms with Crippen LogP contribution < -0.4 is 4.74 Å². The van der Waals surface area contributed by atoms with Crippen molar-refractivity contribution in [3.8, 4) is 17.0 Å². The quantitative estimate of drug-likeness (QED) is 0.693. The number of fused-ring (bicyclic) bond motifs is 1. The molecule has 0 radical (unpaired) electrons. The highest BCUT2D eigenvalue weighted by molar-refractivity contribution is 5.85. The molecule has 0 saturated carbocycles. The molecule has 5 heteroatoms. The predicted octanol–water partition coefficient (Wildman–Crippen LogP) is 4.19. The monoisotopic (exact) mass is 366 g/mol. The lowest BCUT2D eigenvalue weighted by Crippen LogP contribution is -2.35. The Morgan fingerprint density at radius 2 is 1.93 bits per heavy atom. The molecule has 140 valence electrons. The highest BCUT2D eigenvalue weighted by Crippen LogP contribution is 2.29. The van der Waals surface area contributed by atoms with Gasteiger partial charge in [0.1, 0.15) is 0 Å². The van der Waals surface area contributed by atoms with Gasteiger partial charge in [-0.15, -0.1) is 0 Å². The van der Waals surface area contributed by atoms with Gasteiger partial charge in [0.2, 0.25) is 0 Å². The molecule has 0 unspecified atom stereocenters. The van der Waals surface area contributed by atoms with Crippen LogP contribution in [-0.4, -0.2) is 43.3 Å². The normalized spacial score (nSPS) is 15.2.